The highest BCUT2D eigenvalue weighted by Gasteiger charge is 2.48. The van der Waals surface area contributed by atoms with E-state index >= 15 is 0 Å². The minimum atomic E-state index is -0.473. The van der Waals surface area contributed by atoms with Crippen LogP contribution in [0.4, 0.5) is 0 Å². The van der Waals surface area contributed by atoms with Crippen molar-refractivity contribution in [1.82, 2.24) is 0 Å². The molecular weight excluding hydrogens is 484 g/mol. The van der Waals surface area contributed by atoms with E-state index in [-0.39, 0.29) is 17.3 Å². The molecule has 0 aromatic heterocycles. The van der Waals surface area contributed by atoms with Gasteiger partial charge >= 0.3 is 5.97 Å². The SMILES string of the molecule is CC(=O)OC1S[C@H](COCc2ccc(C)cc2)[C@@H](OCc2ccc(C)cc2)[C@@H]1OCc1ccc(C)cc1. The number of ether oxygens (including phenoxy) is 4. The van der Waals surface area contributed by atoms with Crippen LogP contribution < -0.4 is 0 Å². The zero-order valence-electron chi connectivity index (χ0n) is 22.0. The predicted octanol–water partition coefficient (Wildman–Crippen LogP) is 6.30. The van der Waals surface area contributed by atoms with Gasteiger partial charge in [0.05, 0.1) is 31.7 Å². The van der Waals surface area contributed by atoms with Gasteiger partial charge in [0.2, 0.25) is 0 Å². The fraction of sp³-hybridized carbons (Fsp3) is 0.387. The largest absolute Gasteiger partial charge is 0.449 e. The molecule has 37 heavy (non-hydrogen) atoms. The number of hydrogen-bond acceptors (Lipinski definition) is 6. The van der Waals surface area contributed by atoms with Crippen LogP contribution in [0, 0.1) is 20.8 Å². The molecule has 1 saturated heterocycles. The van der Waals surface area contributed by atoms with E-state index in [1.165, 1.54) is 23.6 Å². The molecule has 0 N–H and O–H groups in total. The van der Waals surface area contributed by atoms with Gasteiger partial charge in [-0.3, -0.25) is 4.79 Å². The zero-order chi connectivity index (χ0) is 26.2. The molecule has 0 aliphatic carbocycles. The maximum Gasteiger partial charge on any atom is 0.303 e. The van der Waals surface area contributed by atoms with Crippen molar-refractivity contribution in [3.05, 3.63) is 106 Å². The van der Waals surface area contributed by atoms with Crippen LogP contribution in [0.1, 0.15) is 40.3 Å². The molecule has 3 aromatic rings. The van der Waals surface area contributed by atoms with Crippen LogP contribution in [0.25, 0.3) is 0 Å². The Morgan fingerprint density at radius 3 is 1.57 bits per heavy atom. The lowest BCUT2D eigenvalue weighted by Crippen LogP contribution is -2.40. The molecule has 3 aromatic carbocycles. The first kappa shape index (κ1) is 27.4. The first-order valence-corrected chi connectivity index (χ1v) is 13.6. The summed E-state index contributed by atoms with van der Waals surface area (Å²) in [5.74, 6) is -0.333. The molecular formula is C31H36O5S. The molecule has 0 amide bonds. The number of aryl methyl sites for hydroxylation is 3. The second-order valence-electron chi connectivity index (χ2n) is 9.68. The van der Waals surface area contributed by atoms with Crippen molar-refractivity contribution in [2.24, 2.45) is 0 Å². The van der Waals surface area contributed by atoms with Crippen molar-refractivity contribution in [2.75, 3.05) is 6.61 Å². The van der Waals surface area contributed by atoms with E-state index in [1.54, 1.807) is 11.8 Å². The third-order valence-corrected chi connectivity index (χ3v) is 7.73. The molecule has 4 atom stereocenters. The maximum absolute atomic E-state index is 11.9. The van der Waals surface area contributed by atoms with Gasteiger partial charge in [0, 0.05) is 6.92 Å². The minimum Gasteiger partial charge on any atom is -0.449 e. The molecule has 5 nitrogen and oxygen atoms in total. The Labute approximate surface area is 224 Å². The highest BCUT2D eigenvalue weighted by atomic mass is 32.2. The van der Waals surface area contributed by atoms with Crippen LogP contribution in [0.15, 0.2) is 72.8 Å². The molecule has 1 heterocycles. The van der Waals surface area contributed by atoms with Gasteiger partial charge in [0.25, 0.3) is 0 Å². The summed E-state index contributed by atoms with van der Waals surface area (Å²) in [6, 6.07) is 24.9. The van der Waals surface area contributed by atoms with Crippen LogP contribution in [-0.4, -0.2) is 35.5 Å². The number of carbonyl (C=O) groups excluding carboxylic acids is 1. The summed E-state index contributed by atoms with van der Waals surface area (Å²) < 4.78 is 24.7. The van der Waals surface area contributed by atoms with Crippen molar-refractivity contribution in [1.29, 1.82) is 0 Å². The average molecular weight is 521 g/mol. The lowest BCUT2D eigenvalue weighted by atomic mass is 10.1. The molecule has 6 heteroatoms. The summed E-state index contributed by atoms with van der Waals surface area (Å²) >= 11 is 1.55. The molecule has 1 fully saturated rings. The molecule has 1 aliphatic heterocycles. The highest BCUT2D eigenvalue weighted by Crippen LogP contribution is 2.40. The molecule has 0 spiro atoms. The van der Waals surface area contributed by atoms with Crippen molar-refractivity contribution in [2.45, 2.75) is 70.4 Å². The Morgan fingerprint density at radius 2 is 1.11 bits per heavy atom. The maximum atomic E-state index is 11.9. The van der Waals surface area contributed by atoms with Gasteiger partial charge in [-0.25, -0.2) is 0 Å². The summed E-state index contributed by atoms with van der Waals surface area (Å²) in [5.41, 5.74) is 6.42. The number of carbonyl (C=O) groups is 1. The second-order valence-corrected chi connectivity index (χ2v) is 11.0. The van der Waals surface area contributed by atoms with Gasteiger partial charge in [0.1, 0.15) is 12.2 Å². The molecule has 0 saturated carbocycles. The molecule has 0 bridgehead atoms. The lowest BCUT2D eigenvalue weighted by molar-refractivity contribution is -0.155. The van der Waals surface area contributed by atoms with Gasteiger partial charge in [0.15, 0.2) is 5.44 Å². The third kappa shape index (κ3) is 8.17. The van der Waals surface area contributed by atoms with Crippen LogP contribution in [0.5, 0.6) is 0 Å². The van der Waals surface area contributed by atoms with E-state index in [9.17, 15) is 4.79 Å². The van der Waals surface area contributed by atoms with Crippen molar-refractivity contribution in [3.8, 4) is 0 Å². The van der Waals surface area contributed by atoms with Crippen LogP contribution in [0.2, 0.25) is 0 Å². The smallest absolute Gasteiger partial charge is 0.303 e. The van der Waals surface area contributed by atoms with Gasteiger partial charge in [-0.2, -0.15) is 0 Å². The van der Waals surface area contributed by atoms with Crippen molar-refractivity contribution < 1.29 is 23.7 Å². The Bertz CT molecular complexity index is 1130. The van der Waals surface area contributed by atoms with E-state index in [2.05, 4.69) is 93.6 Å². The number of hydrogen-bond donors (Lipinski definition) is 0. The third-order valence-electron chi connectivity index (χ3n) is 6.35. The van der Waals surface area contributed by atoms with E-state index in [4.69, 9.17) is 18.9 Å². The highest BCUT2D eigenvalue weighted by molar-refractivity contribution is 8.00. The minimum absolute atomic E-state index is 0.0525. The fourth-order valence-electron chi connectivity index (χ4n) is 4.19. The van der Waals surface area contributed by atoms with Crippen LogP contribution in [-0.2, 0) is 43.6 Å². The van der Waals surface area contributed by atoms with Crippen LogP contribution >= 0.6 is 11.8 Å². The van der Waals surface area contributed by atoms with Gasteiger partial charge < -0.3 is 18.9 Å². The Morgan fingerprint density at radius 1 is 0.676 bits per heavy atom. The standard InChI is InChI=1S/C31H36O5S/c1-21-5-11-25(12-6-21)17-33-20-28-29(34-18-26-13-7-22(2)8-14-26)30(31(37-28)36-24(4)32)35-19-27-15-9-23(3)10-16-27/h5-16,28-31H,17-20H2,1-4H3/t28-,29-,30+,31?/m1/s1. The van der Waals surface area contributed by atoms with Gasteiger partial charge in [-0.1, -0.05) is 89.5 Å². The second kappa shape index (κ2) is 13.2. The van der Waals surface area contributed by atoms with E-state index < -0.39 is 11.5 Å². The summed E-state index contributed by atoms with van der Waals surface area (Å²) in [4.78, 5) is 11.9. The van der Waals surface area contributed by atoms with Crippen molar-refractivity contribution >= 4 is 17.7 Å². The summed E-state index contributed by atoms with van der Waals surface area (Å²) in [6.07, 6.45) is -0.729. The summed E-state index contributed by atoms with van der Waals surface area (Å²) in [6.45, 7) is 9.45. The number of rotatable bonds is 11. The topological polar surface area (TPSA) is 54.0 Å². The molecule has 4 rings (SSSR count). The van der Waals surface area contributed by atoms with E-state index in [0.29, 0.717) is 26.4 Å². The molecule has 196 valence electrons. The number of esters is 1. The molecule has 0 radical (unpaired) electrons. The average Bonchev–Trinajstić information content (AvgIpc) is 3.19. The Hall–Kier alpha value is -2.64. The molecule has 1 unspecified atom stereocenters. The Balaban J connectivity index is 1.48. The lowest BCUT2D eigenvalue weighted by Gasteiger charge is -2.26. The van der Waals surface area contributed by atoms with Gasteiger partial charge in [-0.05, 0) is 37.5 Å². The van der Waals surface area contributed by atoms with E-state index in [0.717, 1.165) is 16.7 Å². The predicted molar refractivity (Wildman–Crippen MR) is 147 cm³/mol. The zero-order valence-corrected chi connectivity index (χ0v) is 22.8. The normalized spacial score (nSPS) is 21.2. The van der Waals surface area contributed by atoms with Crippen LogP contribution in [0.3, 0.4) is 0 Å². The van der Waals surface area contributed by atoms with Gasteiger partial charge in [-0.15, -0.1) is 11.8 Å². The summed E-state index contributed by atoms with van der Waals surface area (Å²) in [5, 5.41) is -0.0525. The number of benzene rings is 3. The summed E-state index contributed by atoms with van der Waals surface area (Å²) in [7, 11) is 0. The quantitative estimate of drug-likeness (QED) is 0.277. The molecule has 1 aliphatic rings. The van der Waals surface area contributed by atoms with Crippen molar-refractivity contribution in [3.63, 3.8) is 0 Å². The first-order valence-electron chi connectivity index (χ1n) is 12.7. The first-order chi connectivity index (χ1) is 17.9. The van der Waals surface area contributed by atoms with E-state index in [1.807, 2.05) is 0 Å². The Kier molecular flexibility index (Phi) is 9.81. The monoisotopic (exact) mass is 520 g/mol. The number of thioether (sulfide) groups is 1. The fourth-order valence-corrected chi connectivity index (χ4v) is 5.68.